The molecule has 0 aliphatic carbocycles. The molecular weight excluding hydrogens is 406 g/mol. The van der Waals surface area contributed by atoms with Crippen LogP contribution in [0.3, 0.4) is 0 Å². The van der Waals surface area contributed by atoms with E-state index in [0.717, 1.165) is 11.1 Å². The smallest absolute Gasteiger partial charge is 0.306 e. The molecule has 0 aromatic heterocycles. The first kappa shape index (κ1) is 23.2. The van der Waals surface area contributed by atoms with Crippen LogP contribution in [0.15, 0.2) is 48.5 Å². The molecule has 3 rings (SSSR count). The molecule has 1 amide bonds. The third-order valence-electron chi connectivity index (χ3n) is 5.50. The van der Waals surface area contributed by atoms with Crippen LogP contribution in [0.2, 0.25) is 0 Å². The van der Waals surface area contributed by atoms with Gasteiger partial charge < -0.3 is 20.5 Å². The van der Waals surface area contributed by atoms with E-state index in [9.17, 15) is 9.59 Å². The van der Waals surface area contributed by atoms with Gasteiger partial charge in [0.1, 0.15) is 11.6 Å². The summed E-state index contributed by atoms with van der Waals surface area (Å²) in [6, 6.07) is 15.1. The van der Waals surface area contributed by atoms with Crippen molar-refractivity contribution in [2.24, 2.45) is 17.1 Å². The van der Waals surface area contributed by atoms with Crippen molar-refractivity contribution in [1.82, 2.24) is 5.32 Å². The summed E-state index contributed by atoms with van der Waals surface area (Å²) in [7, 11) is 1.32. The Morgan fingerprint density at radius 1 is 1.17 bits per heavy atom. The van der Waals surface area contributed by atoms with Crippen LogP contribution in [0.5, 0.6) is 5.75 Å². The first-order valence-corrected chi connectivity index (χ1v) is 9.36. The fourth-order valence-corrected chi connectivity index (χ4v) is 3.45. The second-order valence-electron chi connectivity index (χ2n) is 7.40. The van der Waals surface area contributed by atoms with Crippen LogP contribution in [0.25, 0.3) is 11.1 Å². The summed E-state index contributed by atoms with van der Waals surface area (Å²) in [6.45, 7) is 2.56. The summed E-state index contributed by atoms with van der Waals surface area (Å²) < 4.78 is 10.6. The molecule has 4 N–H and O–H groups in total. The topological polar surface area (TPSA) is 115 Å². The Balaban J connectivity index is 0.00000320. The molecule has 0 saturated carbocycles. The van der Waals surface area contributed by atoms with Gasteiger partial charge in [0.2, 0.25) is 5.91 Å². The molecule has 2 unspecified atom stereocenters. The number of carbonyl (C=O) groups excluding carboxylic acids is 2. The Kier molecular flexibility index (Phi) is 7.45. The van der Waals surface area contributed by atoms with Gasteiger partial charge in [-0.15, -0.1) is 12.4 Å². The molecule has 1 heterocycles. The van der Waals surface area contributed by atoms with Crippen molar-refractivity contribution in [2.75, 3.05) is 20.3 Å². The Morgan fingerprint density at radius 3 is 2.27 bits per heavy atom. The van der Waals surface area contributed by atoms with Gasteiger partial charge >= 0.3 is 5.97 Å². The highest BCUT2D eigenvalue weighted by atomic mass is 35.5. The average molecular weight is 432 g/mol. The molecule has 1 saturated heterocycles. The number of rotatable bonds is 7. The molecule has 2 aromatic carbocycles. The molecule has 30 heavy (non-hydrogen) atoms. The van der Waals surface area contributed by atoms with Gasteiger partial charge in [-0.1, -0.05) is 36.4 Å². The normalized spacial score (nSPS) is 20.1. The van der Waals surface area contributed by atoms with Gasteiger partial charge in [0.15, 0.2) is 0 Å². The number of esters is 1. The van der Waals surface area contributed by atoms with Gasteiger partial charge in [-0.2, -0.15) is 0 Å². The number of carbonyl (C=O) groups is 2. The molecule has 160 valence electrons. The molecule has 1 aliphatic rings. The molecule has 0 spiro atoms. The highest BCUT2D eigenvalue weighted by Crippen LogP contribution is 2.36. The molecule has 7 nitrogen and oxygen atoms in total. The Bertz CT molecular complexity index is 915. The number of benzene rings is 2. The molecule has 1 fully saturated rings. The number of methoxy groups -OCH3 is 1. The largest absolute Gasteiger partial charge is 0.493 e. The number of halogens is 1. The monoisotopic (exact) mass is 431 g/mol. The van der Waals surface area contributed by atoms with E-state index < -0.39 is 11.4 Å². The fourth-order valence-electron chi connectivity index (χ4n) is 3.45. The van der Waals surface area contributed by atoms with Crippen molar-refractivity contribution >= 4 is 30.1 Å². The lowest BCUT2D eigenvalue weighted by atomic mass is 9.77. The van der Waals surface area contributed by atoms with Crippen LogP contribution in [0, 0.1) is 16.7 Å². The van der Waals surface area contributed by atoms with Gasteiger partial charge in [-0.05, 0) is 30.2 Å². The lowest BCUT2D eigenvalue weighted by Crippen LogP contribution is -2.37. The van der Waals surface area contributed by atoms with Gasteiger partial charge in [0, 0.05) is 18.0 Å². The first-order valence-electron chi connectivity index (χ1n) is 9.36. The third kappa shape index (κ3) is 4.91. The highest BCUT2D eigenvalue weighted by Gasteiger charge is 2.48. The predicted molar refractivity (Wildman–Crippen MR) is 117 cm³/mol. The zero-order valence-electron chi connectivity index (χ0n) is 16.9. The minimum absolute atomic E-state index is 0. The SMILES string of the molecule is COC(=O)CC1(C)C(=O)NCC1COc1ccc(-c2ccc(C(=N)N)cc2)cc1.Cl. The number of amides is 1. The number of nitrogen functional groups attached to an aromatic ring is 1. The number of nitrogens with one attached hydrogen (secondary N) is 2. The van der Waals surface area contributed by atoms with Crippen molar-refractivity contribution in [3.8, 4) is 16.9 Å². The minimum Gasteiger partial charge on any atom is -0.493 e. The second kappa shape index (κ2) is 9.63. The van der Waals surface area contributed by atoms with E-state index in [2.05, 4.69) is 5.32 Å². The zero-order chi connectivity index (χ0) is 21.0. The summed E-state index contributed by atoms with van der Waals surface area (Å²) in [4.78, 5) is 23.9. The number of nitrogens with two attached hydrogens (primary N) is 1. The summed E-state index contributed by atoms with van der Waals surface area (Å²) in [5, 5.41) is 10.3. The van der Waals surface area contributed by atoms with E-state index in [1.165, 1.54) is 7.11 Å². The van der Waals surface area contributed by atoms with Gasteiger partial charge in [0.25, 0.3) is 0 Å². The van der Waals surface area contributed by atoms with E-state index in [4.69, 9.17) is 20.6 Å². The lowest BCUT2D eigenvalue weighted by molar-refractivity contribution is -0.147. The van der Waals surface area contributed by atoms with Crippen molar-refractivity contribution in [1.29, 1.82) is 5.41 Å². The number of ether oxygens (including phenoxy) is 2. The molecule has 2 aromatic rings. The fraction of sp³-hybridized carbons (Fsp3) is 0.318. The molecule has 0 bridgehead atoms. The maximum Gasteiger partial charge on any atom is 0.306 e. The first-order chi connectivity index (χ1) is 13.8. The quantitative estimate of drug-likeness (QED) is 0.354. The Hall–Kier alpha value is -3.06. The zero-order valence-corrected chi connectivity index (χ0v) is 17.8. The van der Waals surface area contributed by atoms with Gasteiger partial charge in [0.05, 0.1) is 25.6 Å². The van der Waals surface area contributed by atoms with E-state index in [1.807, 2.05) is 48.5 Å². The maximum absolute atomic E-state index is 12.2. The van der Waals surface area contributed by atoms with Crippen LogP contribution in [0.1, 0.15) is 18.9 Å². The minimum atomic E-state index is -0.842. The molecule has 1 aliphatic heterocycles. The van der Waals surface area contributed by atoms with Gasteiger partial charge in [-0.3, -0.25) is 15.0 Å². The number of amidine groups is 1. The lowest BCUT2D eigenvalue weighted by Gasteiger charge is -2.27. The van der Waals surface area contributed by atoms with Crippen LogP contribution < -0.4 is 15.8 Å². The summed E-state index contributed by atoms with van der Waals surface area (Å²) in [5.74, 6) is 0.0386. The highest BCUT2D eigenvalue weighted by molar-refractivity contribution is 5.95. The maximum atomic E-state index is 12.2. The Morgan fingerprint density at radius 2 is 1.73 bits per heavy atom. The van der Waals surface area contributed by atoms with Crippen LogP contribution in [0.4, 0.5) is 0 Å². The van der Waals surface area contributed by atoms with E-state index in [1.54, 1.807) is 6.92 Å². The van der Waals surface area contributed by atoms with E-state index in [-0.39, 0.29) is 36.5 Å². The standard InChI is InChI=1S/C22H25N3O4.ClH/c1-22(11-19(26)28-2)17(12-25-21(22)27)13-29-18-9-7-15(8-10-18)14-3-5-16(6-4-14)20(23)24;/h3-10,17H,11-13H2,1-2H3,(H3,23,24)(H,25,27);1H. The van der Waals surface area contributed by atoms with Gasteiger partial charge in [-0.25, -0.2) is 0 Å². The predicted octanol–water partition coefficient (Wildman–Crippen LogP) is 2.75. The van der Waals surface area contributed by atoms with Crippen molar-refractivity contribution in [3.63, 3.8) is 0 Å². The number of hydrogen-bond donors (Lipinski definition) is 3. The second-order valence-corrected chi connectivity index (χ2v) is 7.40. The molecule has 2 atom stereocenters. The van der Waals surface area contributed by atoms with Crippen LogP contribution in [-0.4, -0.2) is 38.0 Å². The average Bonchev–Trinajstić information content (AvgIpc) is 3.00. The summed E-state index contributed by atoms with van der Waals surface area (Å²) in [5.41, 5.74) is 7.35. The van der Waals surface area contributed by atoms with Crippen LogP contribution in [-0.2, 0) is 14.3 Å². The summed E-state index contributed by atoms with van der Waals surface area (Å²) in [6.07, 6.45) is 0.0263. The molecule has 8 heteroatoms. The summed E-state index contributed by atoms with van der Waals surface area (Å²) >= 11 is 0. The van der Waals surface area contributed by atoms with Crippen molar-refractivity contribution in [3.05, 3.63) is 54.1 Å². The van der Waals surface area contributed by atoms with Crippen LogP contribution >= 0.6 is 12.4 Å². The van der Waals surface area contributed by atoms with E-state index >= 15 is 0 Å². The van der Waals surface area contributed by atoms with Crippen molar-refractivity contribution < 1.29 is 19.1 Å². The molecular formula is C22H26ClN3O4. The third-order valence-corrected chi connectivity index (χ3v) is 5.50. The molecule has 0 radical (unpaired) electrons. The van der Waals surface area contributed by atoms with Crippen molar-refractivity contribution in [2.45, 2.75) is 13.3 Å². The van der Waals surface area contributed by atoms with E-state index in [0.29, 0.717) is 24.5 Å². The number of hydrogen-bond acceptors (Lipinski definition) is 5. The Labute approximate surface area is 181 Å².